The first-order chi connectivity index (χ1) is 17.2. The number of para-hydroxylation sites is 1. The molecular formula is C32H30N2O. The number of aromatic nitrogens is 1. The second-order valence-electron chi connectivity index (χ2n) is 9.52. The molecule has 0 N–H and O–H groups in total. The molecule has 174 valence electrons. The number of rotatable bonds is 5. The Morgan fingerprint density at radius 2 is 1.60 bits per heavy atom. The molecule has 1 aromatic heterocycles. The van der Waals surface area contributed by atoms with Crippen molar-refractivity contribution in [2.45, 2.75) is 45.3 Å². The van der Waals surface area contributed by atoms with Crippen molar-refractivity contribution in [2.75, 3.05) is 0 Å². The molecule has 1 aliphatic rings. The summed E-state index contributed by atoms with van der Waals surface area (Å²) < 4.78 is 2.37. The maximum Gasteiger partial charge on any atom is 0.254 e. The van der Waals surface area contributed by atoms with Crippen LogP contribution < -0.4 is 0 Å². The van der Waals surface area contributed by atoms with Crippen molar-refractivity contribution in [1.29, 1.82) is 0 Å². The molecule has 3 heteroatoms. The number of nitrogens with zero attached hydrogens (tertiary/aromatic N) is 2. The molecule has 6 rings (SSSR count). The van der Waals surface area contributed by atoms with E-state index in [2.05, 4.69) is 83.1 Å². The molecule has 35 heavy (non-hydrogen) atoms. The SMILES string of the molecule is CCn1c2ccccc2c2cc(CN(C(=O)c3ccccc3)C3CCCc4ccccc43)ccc21. The van der Waals surface area contributed by atoms with Gasteiger partial charge in [-0.2, -0.15) is 0 Å². The Balaban J connectivity index is 1.45. The van der Waals surface area contributed by atoms with Gasteiger partial charge in [0.2, 0.25) is 0 Å². The zero-order valence-electron chi connectivity index (χ0n) is 20.2. The first-order valence-corrected chi connectivity index (χ1v) is 12.7. The maximum atomic E-state index is 13.9. The lowest BCUT2D eigenvalue weighted by Gasteiger charge is -2.36. The van der Waals surface area contributed by atoms with E-state index in [9.17, 15) is 4.79 Å². The molecule has 4 aromatic carbocycles. The van der Waals surface area contributed by atoms with Gasteiger partial charge in [0.25, 0.3) is 5.91 Å². The number of aryl methyl sites for hydroxylation is 2. The van der Waals surface area contributed by atoms with E-state index in [-0.39, 0.29) is 11.9 Å². The predicted octanol–water partition coefficient (Wildman–Crippen LogP) is 7.53. The quantitative estimate of drug-likeness (QED) is 0.267. The van der Waals surface area contributed by atoms with Gasteiger partial charge in [-0.05, 0) is 73.2 Å². The van der Waals surface area contributed by atoms with Gasteiger partial charge in [0.1, 0.15) is 0 Å². The summed E-state index contributed by atoms with van der Waals surface area (Å²) in [7, 11) is 0. The molecular weight excluding hydrogens is 428 g/mol. The number of hydrogen-bond donors (Lipinski definition) is 0. The van der Waals surface area contributed by atoms with Crippen molar-refractivity contribution in [1.82, 2.24) is 9.47 Å². The van der Waals surface area contributed by atoms with Crippen LogP contribution in [0.2, 0.25) is 0 Å². The summed E-state index contributed by atoms with van der Waals surface area (Å²) >= 11 is 0. The topological polar surface area (TPSA) is 25.2 Å². The molecule has 0 saturated heterocycles. The van der Waals surface area contributed by atoms with E-state index < -0.39 is 0 Å². The van der Waals surface area contributed by atoms with Crippen LogP contribution in [0.3, 0.4) is 0 Å². The minimum atomic E-state index is 0.0836. The molecule has 0 aliphatic heterocycles. The molecule has 1 amide bonds. The van der Waals surface area contributed by atoms with E-state index in [1.54, 1.807) is 0 Å². The molecule has 0 radical (unpaired) electrons. The largest absolute Gasteiger partial charge is 0.341 e. The lowest BCUT2D eigenvalue weighted by Crippen LogP contribution is -2.36. The summed E-state index contributed by atoms with van der Waals surface area (Å²) in [5.41, 5.74) is 7.10. The minimum Gasteiger partial charge on any atom is -0.341 e. The third-order valence-corrected chi connectivity index (χ3v) is 7.50. The Hall–Kier alpha value is -3.85. The molecule has 1 heterocycles. The second-order valence-corrected chi connectivity index (χ2v) is 9.52. The maximum absolute atomic E-state index is 13.9. The van der Waals surface area contributed by atoms with Crippen molar-refractivity contribution in [2.24, 2.45) is 0 Å². The van der Waals surface area contributed by atoms with Gasteiger partial charge in [-0.3, -0.25) is 4.79 Å². The highest BCUT2D eigenvalue weighted by Crippen LogP contribution is 2.37. The van der Waals surface area contributed by atoms with Crippen LogP contribution in [0.25, 0.3) is 21.8 Å². The molecule has 0 bridgehead atoms. The van der Waals surface area contributed by atoms with Crippen LogP contribution in [0, 0.1) is 0 Å². The lowest BCUT2D eigenvalue weighted by molar-refractivity contribution is 0.0638. The zero-order valence-corrected chi connectivity index (χ0v) is 20.2. The smallest absolute Gasteiger partial charge is 0.254 e. The molecule has 5 aromatic rings. The monoisotopic (exact) mass is 458 g/mol. The number of carbonyl (C=O) groups excluding carboxylic acids is 1. The van der Waals surface area contributed by atoms with Crippen molar-refractivity contribution in [3.8, 4) is 0 Å². The second kappa shape index (κ2) is 9.07. The van der Waals surface area contributed by atoms with Crippen LogP contribution >= 0.6 is 0 Å². The van der Waals surface area contributed by atoms with E-state index in [4.69, 9.17) is 0 Å². The van der Waals surface area contributed by atoms with Gasteiger partial charge in [0.05, 0.1) is 6.04 Å². The highest BCUT2D eigenvalue weighted by molar-refractivity contribution is 6.08. The Morgan fingerprint density at radius 1 is 0.857 bits per heavy atom. The first-order valence-electron chi connectivity index (χ1n) is 12.7. The summed E-state index contributed by atoms with van der Waals surface area (Å²) in [4.78, 5) is 16.0. The van der Waals surface area contributed by atoms with Crippen LogP contribution in [-0.2, 0) is 19.5 Å². The summed E-state index contributed by atoms with van der Waals surface area (Å²) in [5.74, 6) is 0.100. The van der Waals surface area contributed by atoms with Crippen LogP contribution in [0.1, 0.15) is 52.9 Å². The third kappa shape index (κ3) is 3.81. The summed E-state index contributed by atoms with van der Waals surface area (Å²) in [6.07, 6.45) is 3.18. The zero-order chi connectivity index (χ0) is 23.8. The van der Waals surface area contributed by atoms with E-state index in [0.29, 0.717) is 6.54 Å². The Kier molecular flexibility index (Phi) is 5.61. The fourth-order valence-corrected chi connectivity index (χ4v) is 5.86. The van der Waals surface area contributed by atoms with Gasteiger partial charge in [-0.1, -0.05) is 66.7 Å². The number of hydrogen-bond acceptors (Lipinski definition) is 1. The fourth-order valence-electron chi connectivity index (χ4n) is 5.86. The number of carbonyl (C=O) groups is 1. The van der Waals surface area contributed by atoms with E-state index in [1.165, 1.54) is 38.5 Å². The van der Waals surface area contributed by atoms with Gasteiger partial charge in [0, 0.05) is 40.5 Å². The standard InChI is InChI=1S/C32H30N2O/c1-2-33-30-17-9-8-16-27(30)28-21-23(19-20-31(28)33)22-34(32(35)25-12-4-3-5-13-25)29-18-10-14-24-11-6-7-15-26(24)29/h3-9,11-13,15-17,19-21,29H,2,10,14,18,22H2,1H3. The van der Waals surface area contributed by atoms with Crippen LogP contribution in [0.15, 0.2) is 97.1 Å². The Morgan fingerprint density at radius 3 is 2.46 bits per heavy atom. The Bertz CT molecular complexity index is 1520. The van der Waals surface area contributed by atoms with E-state index in [0.717, 1.165) is 31.4 Å². The molecule has 0 spiro atoms. The summed E-state index contributed by atoms with van der Waals surface area (Å²) in [5, 5.41) is 2.53. The van der Waals surface area contributed by atoms with Crippen LogP contribution in [0.5, 0.6) is 0 Å². The van der Waals surface area contributed by atoms with Crippen molar-refractivity contribution >= 4 is 27.7 Å². The van der Waals surface area contributed by atoms with Gasteiger partial charge in [-0.25, -0.2) is 0 Å². The average molecular weight is 459 g/mol. The van der Waals surface area contributed by atoms with Crippen LogP contribution in [-0.4, -0.2) is 15.4 Å². The Labute approximate surface area is 206 Å². The molecule has 1 aliphatic carbocycles. The van der Waals surface area contributed by atoms with Crippen molar-refractivity contribution in [3.05, 3.63) is 119 Å². The highest BCUT2D eigenvalue weighted by Gasteiger charge is 2.30. The predicted molar refractivity (Wildman–Crippen MR) is 144 cm³/mol. The van der Waals surface area contributed by atoms with E-state index >= 15 is 0 Å². The molecule has 0 saturated carbocycles. The number of benzene rings is 4. The van der Waals surface area contributed by atoms with Gasteiger partial charge in [0.15, 0.2) is 0 Å². The summed E-state index contributed by atoms with van der Waals surface area (Å²) in [6.45, 7) is 3.72. The number of fused-ring (bicyclic) bond motifs is 4. The number of amides is 1. The minimum absolute atomic E-state index is 0.0836. The molecule has 3 nitrogen and oxygen atoms in total. The third-order valence-electron chi connectivity index (χ3n) is 7.50. The van der Waals surface area contributed by atoms with Gasteiger partial charge >= 0.3 is 0 Å². The van der Waals surface area contributed by atoms with Crippen molar-refractivity contribution < 1.29 is 4.79 Å². The first kappa shape index (κ1) is 21.7. The van der Waals surface area contributed by atoms with Crippen molar-refractivity contribution in [3.63, 3.8) is 0 Å². The normalized spacial score (nSPS) is 15.3. The van der Waals surface area contributed by atoms with E-state index in [1.807, 2.05) is 30.3 Å². The van der Waals surface area contributed by atoms with Gasteiger partial charge < -0.3 is 9.47 Å². The van der Waals surface area contributed by atoms with Gasteiger partial charge in [-0.15, -0.1) is 0 Å². The fraction of sp³-hybridized carbons (Fsp3) is 0.219. The highest BCUT2D eigenvalue weighted by atomic mass is 16.2. The summed E-state index contributed by atoms with van der Waals surface area (Å²) in [6, 6.07) is 33.8. The van der Waals surface area contributed by atoms with Crippen LogP contribution in [0.4, 0.5) is 0 Å². The molecule has 1 atom stereocenters. The lowest BCUT2D eigenvalue weighted by atomic mass is 9.86. The average Bonchev–Trinajstić information content (AvgIpc) is 3.24. The molecule has 1 unspecified atom stereocenters. The molecule has 0 fully saturated rings.